The molecule has 0 unspecified atom stereocenters. The number of ether oxygens (including phenoxy) is 2. The molecule has 0 N–H and O–H groups in total. The van der Waals surface area contributed by atoms with Crippen LogP contribution in [-0.2, 0) is 0 Å². The topological polar surface area (TPSA) is 51.1 Å². The number of hydrogen-bond donors (Lipinski definition) is 0. The van der Waals surface area contributed by atoms with Crippen molar-refractivity contribution in [1.82, 2.24) is 5.01 Å². The minimum atomic E-state index is -0.254. The number of nitrogens with zero attached hydrogens (tertiary/aromatic N) is 2. The minimum Gasteiger partial charge on any atom is -0.493 e. The van der Waals surface area contributed by atoms with Gasteiger partial charge in [-0.25, -0.2) is 5.01 Å². The molecule has 0 aliphatic carbocycles. The maximum atomic E-state index is 11.7. The predicted octanol–water partition coefficient (Wildman–Crippen LogP) is 1.39. The van der Waals surface area contributed by atoms with Crippen molar-refractivity contribution in [3.63, 3.8) is 0 Å². The number of carbonyl (C=O) groups excluding carboxylic acids is 1. The average Bonchev–Trinajstić information content (AvgIpc) is 2.35. The lowest BCUT2D eigenvalue weighted by molar-refractivity contribution is 0.0800. The summed E-state index contributed by atoms with van der Waals surface area (Å²) < 4.78 is 10.2. The lowest BCUT2D eigenvalue weighted by Crippen LogP contribution is -2.20. The van der Waals surface area contributed by atoms with E-state index in [-0.39, 0.29) is 5.91 Å². The highest BCUT2D eigenvalue weighted by Gasteiger charge is 2.13. The van der Waals surface area contributed by atoms with Gasteiger partial charge in [-0.15, -0.1) is 0 Å². The standard InChI is InChI=1S/C11H14N2O3/c1-12-13(2)11(14)8-5-6-9(15-3)10(7-8)16-4/h5-7H,1H2,2-4H3. The van der Waals surface area contributed by atoms with E-state index in [0.29, 0.717) is 17.1 Å². The molecule has 16 heavy (non-hydrogen) atoms. The summed E-state index contributed by atoms with van der Waals surface area (Å²) in [4.78, 5) is 11.7. The number of rotatable bonds is 4. The van der Waals surface area contributed by atoms with Crippen molar-refractivity contribution in [1.29, 1.82) is 0 Å². The first-order chi connectivity index (χ1) is 7.63. The molecule has 0 aliphatic rings. The van der Waals surface area contributed by atoms with E-state index in [4.69, 9.17) is 9.47 Å². The zero-order valence-electron chi connectivity index (χ0n) is 9.56. The molecule has 5 heteroatoms. The van der Waals surface area contributed by atoms with Crippen LogP contribution < -0.4 is 9.47 Å². The Morgan fingerprint density at radius 1 is 1.31 bits per heavy atom. The zero-order chi connectivity index (χ0) is 12.1. The van der Waals surface area contributed by atoms with E-state index in [1.165, 1.54) is 21.3 Å². The number of methoxy groups -OCH3 is 2. The fraction of sp³-hybridized carbons (Fsp3) is 0.273. The fourth-order valence-electron chi connectivity index (χ4n) is 1.22. The minimum absolute atomic E-state index is 0.254. The van der Waals surface area contributed by atoms with E-state index in [2.05, 4.69) is 11.8 Å². The average molecular weight is 222 g/mol. The van der Waals surface area contributed by atoms with Crippen LogP contribution in [0.3, 0.4) is 0 Å². The van der Waals surface area contributed by atoms with E-state index < -0.39 is 0 Å². The Kier molecular flexibility index (Phi) is 3.88. The first-order valence-electron chi connectivity index (χ1n) is 4.60. The van der Waals surface area contributed by atoms with Crippen LogP contribution in [0.1, 0.15) is 10.4 Å². The van der Waals surface area contributed by atoms with Gasteiger partial charge < -0.3 is 9.47 Å². The van der Waals surface area contributed by atoms with Gasteiger partial charge in [-0.3, -0.25) is 4.79 Å². The molecule has 0 bridgehead atoms. The Balaban J connectivity index is 3.08. The molecule has 5 nitrogen and oxygen atoms in total. The molecule has 0 atom stereocenters. The van der Waals surface area contributed by atoms with Gasteiger partial charge in [0.05, 0.1) is 14.2 Å². The summed E-state index contributed by atoms with van der Waals surface area (Å²) in [6, 6.07) is 4.91. The summed E-state index contributed by atoms with van der Waals surface area (Å²) in [5.41, 5.74) is 0.465. The number of carbonyl (C=O) groups is 1. The molecule has 0 saturated carbocycles. The van der Waals surface area contributed by atoms with Gasteiger partial charge in [0.1, 0.15) is 0 Å². The van der Waals surface area contributed by atoms with Gasteiger partial charge in [0, 0.05) is 19.3 Å². The maximum Gasteiger partial charge on any atom is 0.273 e. The van der Waals surface area contributed by atoms with Crippen molar-refractivity contribution >= 4 is 12.6 Å². The number of amides is 1. The van der Waals surface area contributed by atoms with Crippen molar-refractivity contribution in [2.24, 2.45) is 5.10 Å². The first-order valence-corrected chi connectivity index (χ1v) is 4.60. The van der Waals surface area contributed by atoms with E-state index >= 15 is 0 Å². The quantitative estimate of drug-likeness (QED) is 0.571. The van der Waals surface area contributed by atoms with Gasteiger partial charge in [0.2, 0.25) is 0 Å². The van der Waals surface area contributed by atoms with Crippen LogP contribution in [0.5, 0.6) is 11.5 Å². The Morgan fingerprint density at radius 3 is 2.44 bits per heavy atom. The van der Waals surface area contributed by atoms with Gasteiger partial charge in [-0.1, -0.05) is 0 Å². The molecule has 0 heterocycles. The van der Waals surface area contributed by atoms with Crippen LogP contribution in [0.25, 0.3) is 0 Å². The van der Waals surface area contributed by atoms with Gasteiger partial charge in [0.15, 0.2) is 11.5 Å². The molecule has 1 aromatic rings. The Labute approximate surface area is 94.3 Å². The molecule has 0 aromatic heterocycles. The molecule has 0 fully saturated rings. The van der Waals surface area contributed by atoms with E-state index in [1.807, 2.05) is 0 Å². The van der Waals surface area contributed by atoms with Crippen molar-refractivity contribution in [2.75, 3.05) is 21.3 Å². The highest BCUT2D eigenvalue weighted by molar-refractivity contribution is 5.94. The summed E-state index contributed by atoms with van der Waals surface area (Å²) in [5.74, 6) is 0.829. The molecular formula is C11H14N2O3. The zero-order valence-corrected chi connectivity index (χ0v) is 9.56. The predicted molar refractivity (Wildman–Crippen MR) is 61.2 cm³/mol. The Morgan fingerprint density at radius 2 is 1.94 bits per heavy atom. The second-order valence-electron chi connectivity index (χ2n) is 3.04. The summed E-state index contributed by atoms with van der Waals surface area (Å²) in [5, 5.41) is 4.68. The number of hydrogen-bond acceptors (Lipinski definition) is 4. The molecule has 0 saturated heterocycles. The van der Waals surface area contributed by atoms with Gasteiger partial charge >= 0.3 is 0 Å². The van der Waals surface area contributed by atoms with Crippen LogP contribution in [0.2, 0.25) is 0 Å². The van der Waals surface area contributed by atoms with Crippen LogP contribution in [-0.4, -0.2) is 38.9 Å². The van der Waals surface area contributed by atoms with E-state index in [9.17, 15) is 4.79 Å². The van der Waals surface area contributed by atoms with Crippen molar-refractivity contribution in [3.8, 4) is 11.5 Å². The van der Waals surface area contributed by atoms with Crippen LogP contribution in [0.4, 0.5) is 0 Å². The van der Waals surface area contributed by atoms with E-state index in [1.54, 1.807) is 18.2 Å². The van der Waals surface area contributed by atoms with Crippen molar-refractivity contribution in [3.05, 3.63) is 23.8 Å². The maximum absolute atomic E-state index is 11.7. The lowest BCUT2D eigenvalue weighted by Gasteiger charge is -2.12. The van der Waals surface area contributed by atoms with Gasteiger partial charge in [0.25, 0.3) is 5.91 Å². The molecule has 1 amide bonds. The molecule has 1 aromatic carbocycles. The summed E-state index contributed by atoms with van der Waals surface area (Å²) in [6.07, 6.45) is 0. The first kappa shape index (κ1) is 12.0. The summed E-state index contributed by atoms with van der Waals surface area (Å²) in [6.45, 7) is 3.28. The molecule has 0 aliphatic heterocycles. The molecule has 1 rings (SSSR count). The molecular weight excluding hydrogens is 208 g/mol. The summed E-state index contributed by atoms with van der Waals surface area (Å²) in [7, 11) is 4.59. The smallest absolute Gasteiger partial charge is 0.273 e. The SMILES string of the molecule is C=NN(C)C(=O)c1ccc(OC)c(OC)c1. The van der Waals surface area contributed by atoms with Crippen LogP contribution >= 0.6 is 0 Å². The lowest BCUT2D eigenvalue weighted by atomic mass is 10.2. The number of benzene rings is 1. The fourth-order valence-corrected chi connectivity index (χ4v) is 1.22. The van der Waals surface area contributed by atoms with Crippen LogP contribution in [0, 0.1) is 0 Å². The van der Waals surface area contributed by atoms with E-state index in [0.717, 1.165) is 5.01 Å². The Bertz CT molecular complexity index is 404. The normalized spacial score (nSPS) is 9.44. The van der Waals surface area contributed by atoms with Crippen molar-refractivity contribution in [2.45, 2.75) is 0 Å². The highest BCUT2D eigenvalue weighted by Crippen LogP contribution is 2.27. The second kappa shape index (κ2) is 5.16. The summed E-state index contributed by atoms with van der Waals surface area (Å²) >= 11 is 0. The molecule has 86 valence electrons. The molecule has 0 radical (unpaired) electrons. The Hall–Kier alpha value is -2.04. The third kappa shape index (κ3) is 2.31. The van der Waals surface area contributed by atoms with Crippen LogP contribution in [0.15, 0.2) is 23.3 Å². The van der Waals surface area contributed by atoms with Crippen molar-refractivity contribution < 1.29 is 14.3 Å². The van der Waals surface area contributed by atoms with Gasteiger partial charge in [-0.05, 0) is 18.2 Å². The third-order valence-corrected chi connectivity index (χ3v) is 2.14. The second-order valence-corrected chi connectivity index (χ2v) is 3.04. The largest absolute Gasteiger partial charge is 0.493 e. The third-order valence-electron chi connectivity index (χ3n) is 2.14. The monoisotopic (exact) mass is 222 g/mol. The van der Waals surface area contributed by atoms with Gasteiger partial charge in [-0.2, -0.15) is 5.10 Å². The highest BCUT2D eigenvalue weighted by atomic mass is 16.5. The number of hydrazone groups is 1. The molecule has 0 spiro atoms.